The lowest BCUT2D eigenvalue weighted by molar-refractivity contribution is -0.135. The van der Waals surface area contributed by atoms with Crippen LogP contribution < -0.4 is 5.23 Å². The van der Waals surface area contributed by atoms with Gasteiger partial charge in [-0.25, -0.2) is 9.59 Å². The van der Waals surface area contributed by atoms with Crippen molar-refractivity contribution in [3.8, 4) is 0 Å². The highest BCUT2D eigenvalue weighted by Gasteiger charge is 2.60. The van der Waals surface area contributed by atoms with Crippen LogP contribution >= 0.6 is 0 Å². The molecule has 0 aromatic heterocycles. The van der Waals surface area contributed by atoms with Gasteiger partial charge in [-0.3, -0.25) is 5.21 Å². The Morgan fingerprint density at radius 1 is 1.30 bits per heavy atom. The number of nitrogens with zero attached hydrogens (tertiary/aromatic N) is 1. The molecule has 5 unspecified atom stereocenters. The summed E-state index contributed by atoms with van der Waals surface area (Å²) in [4.78, 5) is 24.6. The van der Waals surface area contributed by atoms with Crippen molar-refractivity contribution in [3.63, 3.8) is 0 Å². The van der Waals surface area contributed by atoms with Crippen molar-refractivity contribution in [3.05, 3.63) is 46.7 Å². The number of benzene rings is 1. The Morgan fingerprint density at radius 2 is 2.00 bits per heavy atom. The molecule has 1 aromatic rings. The highest BCUT2D eigenvalue weighted by molar-refractivity contribution is 5.92. The number of aliphatic hydroxyl groups excluding tert-OH is 1. The highest BCUT2D eigenvalue weighted by Crippen LogP contribution is 2.61. The zero-order chi connectivity index (χ0) is 21.7. The minimum Gasteiger partial charge on any atom is -0.733 e. The van der Waals surface area contributed by atoms with Gasteiger partial charge in [-0.05, 0) is 48.6 Å². The van der Waals surface area contributed by atoms with E-state index >= 15 is 0 Å². The maximum absolute atomic E-state index is 12.5. The van der Waals surface area contributed by atoms with Gasteiger partial charge < -0.3 is 25.0 Å². The summed E-state index contributed by atoms with van der Waals surface area (Å²) in [5.41, 5.74) is 0.0628. The Morgan fingerprint density at radius 3 is 2.67 bits per heavy atom. The molecular formula is C22H26NO7-. The first-order chi connectivity index (χ1) is 14.2. The van der Waals surface area contributed by atoms with E-state index in [1.54, 1.807) is 6.08 Å². The molecule has 0 radical (unpaired) electrons. The molecule has 0 spiro atoms. The molecule has 1 heterocycles. The van der Waals surface area contributed by atoms with Crippen molar-refractivity contribution in [1.82, 2.24) is 0 Å². The molecule has 1 saturated carbocycles. The van der Waals surface area contributed by atoms with E-state index < -0.39 is 17.5 Å². The molecule has 0 bridgehead atoms. The van der Waals surface area contributed by atoms with Gasteiger partial charge in [0.05, 0.1) is 30.6 Å². The van der Waals surface area contributed by atoms with E-state index in [2.05, 4.69) is 6.92 Å². The van der Waals surface area contributed by atoms with Crippen molar-refractivity contribution < 1.29 is 29.4 Å². The predicted octanol–water partition coefficient (Wildman–Crippen LogP) is 2.82. The first-order valence-electron chi connectivity index (χ1n) is 10.2. The van der Waals surface area contributed by atoms with E-state index in [1.165, 1.54) is 24.3 Å². The molecule has 0 amide bonds. The molecule has 1 saturated heterocycles. The van der Waals surface area contributed by atoms with Gasteiger partial charge in [0.2, 0.25) is 0 Å². The topological polar surface area (TPSA) is 119 Å². The molecule has 162 valence electrons. The summed E-state index contributed by atoms with van der Waals surface area (Å²) in [7, 11) is 0. The lowest BCUT2D eigenvalue weighted by Gasteiger charge is -2.57. The SMILES string of the molecule is CC1(COC(=O)c2ccc(N([O-])O)cc2)CCCC2(C)C3COC(=O)C3=CC(O)C12. The monoisotopic (exact) mass is 416 g/mol. The number of ether oxygens (including phenoxy) is 2. The number of esters is 2. The number of aliphatic hydroxyl groups is 1. The lowest BCUT2D eigenvalue weighted by atomic mass is 9.48. The van der Waals surface area contributed by atoms with Crippen molar-refractivity contribution in [2.45, 2.75) is 39.2 Å². The van der Waals surface area contributed by atoms with Crippen molar-refractivity contribution in [2.24, 2.45) is 22.7 Å². The normalized spacial score (nSPS) is 35.0. The van der Waals surface area contributed by atoms with Crippen molar-refractivity contribution in [2.75, 3.05) is 18.4 Å². The number of cyclic esters (lactones) is 1. The molecule has 2 fully saturated rings. The smallest absolute Gasteiger partial charge is 0.338 e. The van der Waals surface area contributed by atoms with Crippen LogP contribution in [-0.4, -0.2) is 41.6 Å². The Balaban J connectivity index is 1.53. The first-order valence-corrected chi connectivity index (χ1v) is 10.2. The van der Waals surface area contributed by atoms with Gasteiger partial charge in [0.15, 0.2) is 0 Å². The van der Waals surface area contributed by atoms with Gasteiger partial charge >= 0.3 is 11.9 Å². The zero-order valence-corrected chi connectivity index (χ0v) is 17.0. The maximum atomic E-state index is 12.5. The van der Waals surface area contributed by atoms with Gasteiger partial charge in [-0.2, -0.15) is 0 Å². The van der Waals surface area contributed by atoms with Gasteiger partial charge in [0.1, 0.15) is 0 Å². The van der Waals surface area contributed by atoms with E-state index in [9.17, 15) is 19.9 Å². The molecular weight excluding hydrogens is 390 g/mol. The van der Waals surface area contributed by atoms with Crippen LogP contribution in [0.2, 0.25) is 0 Å². The van der Waals surface area contributed by atoms with Crippen LogP contribution in [0.3, 0.4) is 0 Å². The molecule has 2 N–H and O–H groups in total. The fourth-order valence-electron chi connectivity index (χ4n) is 5.86. The van der Waals surface area contributed by atoms with Crippen molar-refractivity contribution >= 4 is 17.6 Å². The van der Waals surface area contributed by atoms with Gasteiger partial charge in [-0.15, -0.1) is 0 Å². The van der Waals surface area contributed by atoms with Crippen LogP contribution in [-0.2, 0) is 14.3 Å². The third-order valence-electron chi connectivity index (χ3n) is 7.26. The Bertz CT molecular complexity index is 880. The van der Waals surface area contributed by atoms with Crippen LogP contribution in [0.25, 0.3) is 0 Å². The molecule has 30 heavy (non-hydrogen) atoms. The summed E-state index contributed by atoms with van der Waals surface area (Å²) in [6, 6.07) is 5.49. The van der Waals surface area contributed by atoms with Gasteiger partial charge in [0, 0.05) is 22.8 Å². The average Bonchev–Trinajstić information content (AvgIpc) is 3.07. The molecule has 3 aliphatic rings. The third kappa shape index (κ3) is 3.29. The van der Waals surface area contributed by atoms with Crippen LogP contribution in [0.4, 0.5) is 5.69 Å². The number of hydrogen-bond acceptors (Lipinski definition) is 8. The van der Waals surface area contributed by atoms with Crippen LogP contribution in [0, 0.1) is 27.9 Å². The maximum Gasteiger partial charge on any atom is 0.338 e. The van der Waals surface area contributed by atoms with Crippen LogP contribution in [0.1, 0.15) is 43.5 Å². The average molecular weight is 416 g/mol. The van der Waals surface area contributed by atoms with Crippen molar-refractivity contribution in [1.29, 1.82) is 0 Å². The number of fused-ring (bicyclic) bond motifs is 3. The second-order valence-corrected chi connectivity index (χ2v) is 9.15. The standard InChI is InChI=1S/C22H26NO7/c1-21(12-30-19(25)13-4-6-14(7-5-13)23(27)28)8-3-9-22(2)16-11-29-20(26)15(16)10-17(24)18(21)22/h4-7,10,16-18,24,27H,3,8-9,11-12H2,1-2H3/q-1. The number of hydrogen-bond donors (Lipinski definition) is 2. The number of carbonyl (C=O) groups is 2. The molecule has 2 aliphatic carbocycles. The fourth-order valence-corrected chi connectivity index (χ4v) is 5.86. The number of carbonyl (C=O) groups excluding carboxylic acids is 2. The first kappa shape index (κ1) is 20.8. The summed E-state index contributed by atoms with van der Waals surface area (Å²) in [5.74, 6) is -1.12. The Kier molecular flexibility index (Phi) is 5.12. The third-order valence-corrected chi connectivity index (χ3v) is 7.26. The van der Waals surface area contributed by atoms with E-state index in [-0.39, 0.29) is 46.3 Å². The summed E-state index contributed by atoms with van der Waals surface area (Å²) < 4.78 is 10.9. The Labute approximate surface area is 174 Å². The minimum absolute atomic E-state index is 0.0165. The summed E-state index contributed by atoms with van der Waals surface area (Å²) >= 11 is 0. The summed E-state index contributed by atoms with van der Waals surface area (Å²) in [6.45, 7) is 4.58. The molecule has 8 nitrogen and oxygen atoms in total. The molecule has 1 aromatic carbocycles. The zero-order valence-electron chi connectivity index (χ0n) is 17.0. The van der Waals surface area contributed by atoms with Gasteiger partial charge in [-0.1, -0.05) is 20.3 Å². The second-order valence-electron chi connectivity index (χ2n) is 9.15. The summed E-state index contributed by atoms with van der Waals surface area (Å²) in [5, 5.41) is 30.5. The number of anilines is 1. The van der Waals surface area contributed by atoms with E-state index in [0.29, 0.717) is 12.2 Å². The van der Waals surface area contributed by atoms with Crippen LogP contribution in [0.5, 0.6) is 0 Å². The minimum atomic E-state index is -0.817. The molecule has 5 atom stereocenters. The lowest BCUT2D eigenvalue weighted by Crippen LogP contribution is -2.56. The number of rotatable bonds is 4. The van der Waals surface area contributed by atoms with Gasteiger partial charge in [0.25, 0.3) is 0 Å². The largest absolute Gasteiger partial charge is 0.733 e. The fraction of sp³-hybridized carbons (Fsp3) is 0.545. The molecule has 4 rings (SSSR count). The van der Waals surface area contributed by atoms with Crippen LogP contribution in [0.15, 0.2) is 35.9 Å². The van der Waals surface area contributed by atoms with E-state index in [4.69, 9.17) is 14.7 Å². The van der Waals surface area contributed by atoms with E-state index in [0.717, 1.165) is 19.3 Å². The van der Waals surface area contributed by atoms with E-state index in [1.807, 2.05) is 6.92 Å². The molecule has 1 aliphatic heterocycles. The molecule has 8 heteroatoms. The highest BCUT2D eigenvalue weighted by atomic mass is 16.8. The second kappa shape index (κ2) is 7.37. The Hall–Kier alpha value is -2.42. The quantitative estimate of drug-likeness (QED) is 0.568. The predicted molar refractivity (Wildman–Crippen MR) is 106 cm³/mol. The summed E-state index contributed by atoms with van der Waals surface area (Å²) in [6.07, 6.45) is 3.36.